The average molecular weight is 297 g/mol. The van der Waals surface area contributed by atoms with Crippen LogP contribution in [0.25, 0.3) is 0 Å². The van der Waals surface area contributed by atoms with E-state index in [4.69, 9.17) is 0 Å². The second-order valence-electron chi connectivity index (χ2n) is 3.17. The van der Waals surface area contributed by atoms with Crippen molar-refractivity contribution in [3.8, 4) is 0 Å². The minimum atomic E-state index is -0.643. The molecule has 0 unspecified atom stereocenters. The van der Waals surface area contributed by atoms with E-state index in [2.05, 4.69) is 14.7 Å². The minimum Gasteiger partial charge on any atom is -0.464 e. The van der Waals surface area contributed by atoms with Crippen LogP contribution in [0, 0.1) is 10.1 Å². The quantitative estimate of drug-likeness (QED) is 0.485. The molecule has 2 aromatic rings. The maximum absolute atomic E-state index is 11.4. The van der Waals surface area contributed by atoms with Crippen LogP contribution >= 0.6 is 23.1 Å². The van der Waals surface area contributed by atoms with Crippen molar-refractivity contribution in [1.82, 2.24) is 9.97 Å². The Morgan fingerprint density at radius 3 is 2.89 bits per heavy atom. The van der Waals surface area contributed by atoms with E-state index < -0.39 is 10.9 Å². The number of nitro groups is 1. The zero-order valence-electron chi connectivity index (χ0n) is 9.60. The zero-order valence-corrected chi connectivity index (χ0v) is 11.2. The van der Waals surface area contributed by atoms with Crippen LogP contribution in [0.2, 0.25) is 0 Å². The van der Waals surface area contributed by atoms with Crippen LogP contribution in [-0.2, 0) is 4.74 Å². The zero-order chi connectivity index (χ0) is 13.8. The van der Waals surface area contributed by atoms with Crippen molar-refractivity contribution < 1.29 is 14.5 Å². The fourth-order valence-corrected chi connectivity index (χ4v) is 2.83. The minimum absolute atomic E-state index is 0.0205. The lowest BCUT2D eigenvalue weighted by molar-refractivity contribution is -0.388. The summed E-state index contributed by atoms with van der Waals surface area (Å²) < 4.78 is 5.14. The highest BCUT2D eigenvalue weighted by Crippen LogP contribution is 2.34. The van der Waals surface area contributed by atoms with Gasteiger partial charge in [-0.2, -0.15) is 0 Å². The number of carbonyl (C=O) groups is 1. The first-order chi connectivity index (χ1) is 9.11. The fourth-order valence-electron chi connectivity index (χ4n) is 1.21. The van der Waals surface area contributed by atoms with Gasteiger partial charge in [0.25, 0.3) is 0 Å². The maximum atomic E-state index is 11.4. The molecule has 9 heteroatoms. The number of thiazole rings is 1. The molecule has 0 bridgehead atoms. The SMILES string of the molecule is COC(=O)c1ccc([N+](=O)[O-])c(Sc2nccs2)n1. The fraction of sp³-hybridized carbons (Fsp3) is 0.100. The Bertz CT molecular complexity index is 615. The van der Waals surface area contributed by atoms with Gasteiger partial charge in [0.1, 0.15) is 5.69 Å². The summed E-state index contributed by atoms with van der Waals surface area (Å²) in [5.74, 6) is -0.643. The Labute approximate surface area is 115 Å². The van der Waals surface area contributed by atoms with E-state index in [-0.39, 0.29) is 16.4 Å². The molecule has 0 aliphatic heterocycles. The van der Waals surface area contributed by atoms with Gasteiger partial charge in [0.15, 0.2) is 9.37 Å². The predicted molar refractivity (Wildman–Crippen MR) is 68.5 cm³/mol. The van der Waals surface area contributed by atoms with Crippen LogP contribution in [0.1, 0.15) is 10.5 Å². The molecule has 0 aliphatic rings. The number of aromatic nitrogens is 2. The molecule has 7 nitrogen and oxygen atoms in total. The van der Waals surface area contributed by atoms with Crippen molar-refractivity contribution in [3.63, 3.8) is 0 Å². The number of methoxy groups -OCH3 is 1. The standard InChI is InChI=1S/C10H7N3O4S2/c1-17-9(14)6-2-3-7(13(15)16)8(12-6)19-10-11-4-5-18-10/h2-5H,1H3. The van der Waals surface area contributed by atoms with Crippen molar-refractivity contribution in [2.45, 2.75) is 9.37 Å². The summed E-state index contributed by atoms with van der Waals surface area (Å²) in [6.07, 6.45) is 1.59. The molecule has 0 saturated heterocycles. The van der Waals surface area contributed by atoms with Gasteiger partial charge in [0.2, 0.25) is 0 Å². The number of rotatable bonds is 4. The van der Waals surface area contributed by atoms with Crippen molar-refractivity contribution in [2.24, 2.45) is 0 Å². The summed E-state index contributed by atoms with van der Waals surface area (Å²) in [5, 5.41) is 12.8. The van der Waals surface area contributed by atoms with Crippen LogP contribution in [0.15, 0.2) is 33.1 Å². The van der Waals surface area contributed by atoms with Crippen molar-refractivity contribution in [2.75, 3.05) is 7.11 Å². The molecule has 0 N–H and O–H groups in total. The third-order valence-corrected chi connectivity index (χ3v) is 3.90. The Morgan fingerprint density at radius 1 is 1.53 bits per heavy atom. The lowest BCUT2D eigenvalue weighted by atomic mass is 10.3. The van der Waals surface area contributed by atoms with Gasteiger partial charge in [0, 0.05) is 17.6 Å². The molecule has 2 aromatic heterocycles. The Hall–Kier alpha value is -2.00. The molecular weight excluding hydrogens is 290 g/mol. The van der Waals surface area contributed by atoms with Gasteiger partial charge >= 0.3 is 11.7 Å². The van der Waals surface area contributed by atoms with Crippen LogP contribution < -0.4 is 0 Å². The Morgan fingerprint density at radius 2 is 2.32 bits per heavy atom. The van der Waals surface area contributed by atoms with Crippen LogP contribution in [0.3, 0.4) is 0 Å². The molecule has 0 atom stereocenters. The Kier molecular flexibility index (Phi) is 4.07. The largest absolute Gasteiger partial charge is 0.464 e. The monoisotopic (exact) mass is 297 g/mol. The molecule has 2 heterocycles. The van der Waals surface area contributed by atoms with E-state index in [1.165, 1.54) is 30.6 Å². The topological polar surface area (TPSA) is 95.2 Å². The molecule has 0 radical (unpaired) electrons. The summed E-state index contributed by atoms with van der Waals surface area (Å²) >= 11 is 2.37. The molecule has 0 spiro atoms. The first kappa shape index (κ1) is 13.4. The first-order valence-electron chi connectivity index (χ1n) is 4.93. The number of nitrogens with zero attached hydrogens (tertiary/aromatic N) is 3. The summed E-state index contributed by atoms with van der Waals surface area (Å²) in [5.41, 5.74) is -0.153. The van der Waals surface area contributed by atoms with E-state index in [1.54, 1.807) is 11.6 Å². The predicted octanol–water partition coefficient (Wildman–Crippen LogP) is 2.38. The second kappa shape index (κ2) is 5.76. The molecule has 0 aliphatic carbocycles. The summed E-state index contributed by atoms with van der Waals surface area (Å²) in [6, 6.07) is 2.49. The van der Waals surface area contributed by atoms with E-state index in [0.717, 1.165) is 11.8 Å². The van der Waals surface area contributed by atoms with E-state index in [1.807, 2.05) is 0 Å². The lowest BCUT2D eigenvalue weighted by Gasteiger charge is -2.02. The molecule has 2 rings (SSSR count). The lowest BCUT2D eigenvalue weighted by Crippen LogP contribution is -2.06. The molecule has 0 saturated carbocycles. The molecule has 0 aromatic carbocycles. The highest BCUT2D eigenvalue weighted by Gasteiger charge is 2.20. The first-order valence-corrected chi connectivity index (χ1v) is 6.62. The van der Waals surface area contributed by atoms with Crippen LogP contribution in [0.4, 0.5) is 5.69 Å². The number of esters is 1. The third-order valence-electron chi connectivity index (χ3n) is 2.03. The molecule has 0 fully saturated rings. The van der Waals surface area contributed by atoms with Gasteiger partial charge in [-0.1, -0.05) is 0 Å². The number of hydrogen-bond donors (Lipinski definition) is 0. The van der Waals surface area contributed by atoms with E-state index in [0.29, 0.717) is 4.34 Å². The van der Waals surface area contributed by atoms with Gasteiger partial charge in [-0.3, -0.25) is 10.1 Å². The van der Waals surface area contributed by atoms with Gasteiger partial charge in [-0.25, -0.2) is 14.8 Å². The number of hydrogen-bond acceptors (Lipinski definition) is 8. The smallest absolute Gasteiger partial charge is 0.356 e. The molecule has 19 heavy (non-hydrogen) atoms. The number of ether oxygens (including phenoxy) is 1. The maximum Gasteiger partial charge on any atom is 0.356 e. The molecular formula is C10H7N3O4S2. The third kappa shape index (κ3) is 3.06. The van der Waals surface area contributed by atoms with E-state index >= 15 is 0 Å². The summed E-state index contributed by atoms with van der Waals surface area (Å²) in [6.45, 7) is 0. The number of carbonyl (C=O) groups excluding carboxylic acids is 1. The van der Waals surface area contributed by atoms with Crippen molar-refractivity contribution in [1.29, 1.82) is 0 Å². The molecule has 98 valence electrons. The summed E-state index contributed by atoms with van der Waals surface area (Å²) in [7, 11) is 1.22. The number of pyridine rings is 1. The van der Waals surface area contributed by atoms with Crippen molar-refractivity contribution >= 4 is 34.8 Å². The second-order valence-corrected chi connectivity index (χ2v) is 5.30. The van der Waals surface area contributed by atoms with Gasteiger partial charge in [0.05, 0.1) is 12.0 Å². The average Bonchev–Trinajstić information content (AvgIpc) is 2.90. The van der Waals surface area contributed by atoms with Gasteiger partial charge in [-0.15, -0.1) is 11.3 Å². The highest BCUT2D eigenvalue weighted by molar-refractivity contribution is 8.01. The Balaban J connectivity index is 2.41. The normalized spacial score (nSPS) is 10.2. The molecule has 0 amide bonds. The summed E-state index contributed by atoms with van der Waals surface area (Å²) in [4.78, 5) is 29.7. The van der Waals surface area contributed by atoms with E-state index in [9.17, 15) is 14.9 Å². The highest BCUT2D eigenvalue weighted by atomic mass is 32.2. The van der Waals surface area contributed by atoms with Gasteiger partial charge in [-0.05, 0) is 17.8 Å². The van der Waals surface area contributed by atoms with Crippen LogP contribution in [-0.4, -0.2) is 28.0 Å². The van der Waals surface area contributed by atoms with Crippen molar-refractivity contribution in [3.05, 3.63) is 39.5 Å². The van der Waals surface area contributed by atoms with Gasteiger partial charge < -0.3 is 4.74 Å². The van der Waals surface area contributed by atoms with Crippen LogP contribution in [0.5, 0.6) is 0 Å².